The maximum absolute atomic E-state index is 13.0. The van der Waals surface area contributed by atoms with Crippen LogP contribution in [0.5, 0.6) is 0 Å². The molecular weight excluding hydrogens is 442 g/mol. The molecule has 2 rings (SSSR count). The van der Waals surface area contributed by atoms with Crippen molar-refractivity contribution in [1.82, 2.24) is 16.2 Å². The summed E-state index contributed by atoms with van der Waals surface area (Å²) in [6.45, 7) is 3.88. The van der Waals surface area contributed by atoms with Gasteiger partial charge in [-0.1, -0.05) is 57.6 Å². The van der Waals surface area contributed by atoms with Gasteiger partial charge >= 0.3 is 11.9 Å². The molecule has 1 heterocycles. The van der Waals surface area contributed by atoms with Crippen LogP contribution >= 0.6 is 0 Å². The molecule has 10 heteroatoms. The Labute approximate surface area is 199 Å². The fourth-order valence-electron chi connectivity index (χ4n) is 3.41. The molecule has 186 valence electrons. The van der Waals surface area contributed by atoms with E-state index in [1.165, 1.54) is 0 Å². The van der Waals surface area contributed by atoms with Crippen LogP contribution < -0.4 is 16.2 Å². The Morgan fingerprint density at radius 3 is 2.12 bits per heavy atom. The molecule has 5 atom stereocenters. The lowest BCUT2D eigenvalue weighted by molar-refractivity contribution is -0.145. The lowest BCUT2D eigenvalue weighted by Crippen LogP contribution is -2.57. The van der Waals surface area contributed by atoms with Gasteiger partial charge in [-0.3, -0.25) is 9.59 Å². The first-order chi connectivity index (χ1) is 16.3. The van der Waals surface area contributed by atoms with Gasteiger partial charge in [-0.25, -0.2) is 15.6 Å². The van der Waals surface area contributed by atoms with Crippen molar-refractivity contribution in [1.29, 1.82) is 0 Å². The van der Waals surface area contributed by atoms with Crippen LogP contribution in [0.2, 0.25) is 0 Å². The Balaban J connectivity index is 2.17. The monoisotopic (exact) mass is 475 g/mol. The standard InChI is InChI=1S/C24H33N3O7/c1-4-7-9-17(22(29)30)25-20(28)19-21(27-26-18(23(31)32)10-8-5-2)34-24(33-19)16-13-11-15(6-3)12-14-16/h3,11-14,17-19,21,24,26-27H,4-5,7-10H2,1-2H3,(H,25,28)(H,29,30)(H,31,32)/t17?,18-,19-,21+,24?/m0/s1. The van der Waals surface area contributed by atoms with Crippen molar-refractivity contribution in [3.8, 4) is 12.3 Å². The lowest BCUT2D eigenvalue weighted by atomic mass is 10.1. The second-order valence-corrected chi connectivity index (χ2v) is 8.08. The zero-order valence-electron chi connectivity index (χ0n) is 19.5. The van der Waals surface area contributed by atoms with E-state index in [-0.39, 0.29) is 6.42 Å². The number of terminal acetylenes is 1. The molecule has 1 aliphatic rings. The van der Waals surface area contributed by atoms with Crippen molar-refractivity contribution < 1.29 is 34.1 Å². The number of hydrazine groups is 1. The van der Waals surface area contributed by atoms with Crippen molar-refractivity contribution in [3.63, 3.8) is 0 Å². The number of hydrogen-bond acceptors (Lipinski definition) is 7. The van der Waals surface area contributed by atoms with E-state index >= 15 is 0 Å². The number of amides is 1. The summed E-state index contributed by atoms with van der Waals surface area (Å²) in [6, 6.07) is 4.83. The van der Waals surface area contributed by atoms with E-state index in [0.29, 0.717) is 30.4 Å². The number of hydrogen-bond donors (Lipinski definition) is 5. The highest BCUT2D eigenvalue weighted by Crippen LogP contribution is 2.30. The topological polar surface area (TPSA) is 146 Å². The summed E-state index contributed by atoms with van der Waals surface area (Å²) in [5.41, 5.74) is 6.72. The number of carboxylic acids is 2. The molecule has 0 aliphatic carbocycles. The summed E-state index contributed by atoms with van der Waals surface area (Å²) in [7, 11) is 0. The first-order valence-corrected chi connectivity index (χ1v) is 11.4. The van der Waals surface area contributed by atoms with Gasteiger partial charge in [0.15, 0.2) is 18.6 Å². The van der Waals surface area contributed by atoms with Crippen LogP contribution in [0.15, 0.2) is 24.3 Å². The van der Waals surface area contributed by atoms with Crippen LogP contribution in [0.25, 0.3) is 0 Å². The van der Waals surface area contributed by atoms with Crippen LogP contribution in [-0.4, -0.2) is 52.5 Å². The normalized spacial score (nSPS) is 21.4. The van der Waals surface area contributed by atoms with Crippen LogP contribution in [0.3, 0.4) is 0 Å². The Morgan fingerprint density at radius 1 is 1.00 bits per heavy atom. The predicted octanol–water partition coefficient (Wildman–Crippen LogP) is 1.91. The molecule has 1 amide bonds. The third-order valence-corrected chi connectivity index (χ3v) is 5.43. The van der Waals surface area contributed by atoms with Gasteiger partial charge < -0.3 is 25.0 Å². The maximum Gasteiger partial charge on any atom is 0.326 e. The Kier molecular flexibility index (Phi) is 11.0. The highest BCUT2D eigenvalue weighted by Gasteiger charge is 2.43. The number of aliphatic carboxylic acids is 2. The number of unbranched alkanes of at least 4 members (excludes halogenated alkanes) is 2. The first-order valence-electron chi connectivity index (χ1n) is 11.4. The highest BCUT2D eigenvalue weighted by atomic mass is 16.7. The zero-order valence-corrected chi connectivity index (χ0v) is 19.5. The lowest BCUT2D eigenvalue weighted by Gasteiger charge is -2.22. The van der Waals surface area contributed by atoms with Gasteiger partial charge in [0.25, 0.3) is 5.91 Å². The summed E-state index contributed by atoms with van der Waals surface area (Å²) < 4.78 is 11.7. The molecule has 5 N–H and O–H groups in total. The second-order valence-electron chi connectivity index (χ2n) is 8.08. The van der Waals surface area contributed by atoms with Crippen molar-refractivity contribution >= 4 is 17.8 Å². The van der Waals surface area contributed by atoms with Gasteiger partial charge in [-0.2, -0.15) is 0 Å². The molecule has 0 spiro atoms. The van der Waals surface area contributed by atoms with Gasteiger partial charge in [-0.15, -0.1) is 6.42 Å². The molecule has 0 aromatic heterocycles. The van der Waals surface area contributed by atoms with Gasteiger partial charge in [0.2, 0.25) is 0 Å². The third kappa shape index (κ3) is 7.81. The largest absolute Gasteiger partial charge is 0.480 e. The summed E-state index contributed by atoms with van der Waals surface area (Å²) in [4.78, 5) is 36.1. The Bertz CT molecular complexity index is 868. The highest BCUT2D eigenvalue weighted by molar-refractivity contribution is 5.86. The molecule has 34 heavy (non-hydrogen) atoms. The number of nitrogens with one attached hydrogen (secondary N) is 3. The summed E-state index contributed by atoms with van der Waals surface area (Å²) >= 11 is 0. The van der Waals surface area contributed by atoms with E-state index in [1.807, 2.05) is 13.8 Å². The van der Waals surface area contributed by atoms with E-state index in [1.54, 1.807) is 24.3 Å². The number of rotatable bonds is 14. The number of carbonyl (C=O) groups is 3. The van der Waals surface area contributed by atoms with Gasteiger partial charge in [0.1, 0.15) is 12.1 Å². The minimum atomic E-state index is -1.23. The minimum Gasteiger partial charge on any atom is -0.480 e. The third-order valence-electron chi connectivity index (χ3n) is 5.43. The molecule has 1 aromatic rings. The average Bonchev–Trinajstić information content (AvgIpc) is 3.25. The van der Waals surface area contributed by atoms with Gasteiger partial charge in [0, 0.05) is 11.1 Å². The molecule has 0 saturated carbocycles. The van der Waals surface area contributed by atoms with Crippen LogP contribution in [0, 0.1) is 12.3 Å². The SMILES string of the molecule is C#Cc1ccc(C2O[C@@H](NN[C@@H](CCCC)C(=O)O)[C@H](C(=O)NC(CCCC)C(=O)O)O2)cc1. The van der Waals surface area contributed by atoms with E-state index < -0.39 is 48.6 Å². The average molecular weight is 476 g/mol. The number of carbonyl (C=O) groups excluding carboxylic acids is 1. The second kappa shape index (κ2) is 13.7. The molecule has 2 unspecified atom stereocenters. The summed E-state index contributed by atoms with van der Waals surface area (Å²) in [5.74, 6) is -0.356. The molecule has 1 aliphatic heterocycles. The van der Waals surface area contributed by atoms with Crippen LogP contribution in [0.4, 0.5) is 0 Å². The Morgan fingerprint density at radius 2 is 1.59 bits per heavy atom. The molecule has 1 aromatic carbocycles. The fourth-order valence-corrected chi connectivity index (χ4v) is 3.41. The zero-order chi connectivity index (χ0) is 25.1. The minimum absolute atomic E-state index is 0.274. The van der Waals surface area contributed by atoms with Gasteiger partial charge in [-0.05, 0) is 25.0 Å². The first kappa shape index (κ1) is 27.3. The number of benzene rings is 1. The van der Waals surface area contributed by atoms with E-state index in [9.17, 15) is 24.6 Å². The van der Waals surface area contributed by atoms with E-state index in [2.05, 4.69) is 22.1 Å². The Hall–Kier alpha value is -2.97. The molecule has 10 nitrogen and oxygen atoms in total. The molecular formula is C24H33N3O7. The predicted molar refractivity (Wildman–Crippen MR) is 123 cm³/mol. The van der Waals surface area contributed by atoms with Crippen molar-refractivity contribution in [2.24, 2.45) is 0 Å². The van der Waals surface area contributed by atoms with Crippen molar-refractivity contribution in [2.75, 3.05) is 0 Å². The number of carboxylic acid groups (broad SMARTS) is 2. The summed E-state index contributed by atoms with van der Waals surface area (Å²) in [5, 5.41) is 21.4. The van der Waals surface area contributed by atoms with Crippen molar-refractivity contribution in [3.05, 3.63) is 35.4 Å². The van der Waals surface area contributed by atoms with Crippen molar-refractivity contribution in [2.45, 2.75) is 83.1 Å². The molecule has 0 bridgehead atoms. The van der Waals surface area contributed by atoms with Crippen LogP contribution in [0.1, 0.15) is 69.8 Å². The molecule has 1 fully saturated rings. The molecule has 1 saturated heterocycles. The van der Waals surface area contributed by atoms with Gasteiger partial charge in [0.05, 0.1) is 0 Å². The maximum atomic E-state index is 13.0. The number of ether oxygens (including phenoxy) is 2. The molecule has 0 radical (unpaired) electrons. The smallest absolute Gasteiger partial charge is 0.326 e. The fraction of sp³-hybridized carbons (Fsp3) is 0.542. The van der Waals surface area contributed by atoms with E-state index in [4.69, 9.17) is 15.9 Å². The quantitative estimate of drug-likeness (QED) is 0.201. The van der Waals surface area contributed by atoms with Crippen LogP contribution in [-0.2, 0) is 23.9 Å². The summed E-state index contributed by atoms with van der Waals surface area (Å²) in [6.07, 6.45) is 5.72. The van der Waals surface area contributed by atoms with E-state index in [0.717, 1.165) is 12.8 Å².